The molecule has 15 heavy (non-hydrogen) atoms. The summed E-state index contributed by atoms with van der Waals surface area (Å²) >= 11 is 0. The van der Waals surface area contributed by atoms with E-state index in [2.05, 4.69) is 6.58 Å². The summed E-state index contributed by atoms with van der Waals surface area (Å²) < 4.78 is 22.4. The first-order valence-electron chi connectivity index (χ1n) is 5.42. The fourth-order valence-electron chi connectivity index (χ4n) is 1.97. The van der Waals surface area contributed by atoms with Crippen molar-refractivity contribution in [3.05, 3.63) is 12.2 Å². The highest BCUT2D eigenvalue weighted by atomic mass is 32.2. The van der Waals surface area contributed by atoms with Crippen LogP contribution in [0.1, 0.15) is 32.6 Å². The maximum absolute atomic E-state index is 11.2. The van der Waals surface area contributed by atoms with Gasteiger partial charge in [0.15, 0.2) is 9.84 Å². The van der Waals surface area contributed by atoms with Crippen molar-refractivity contribution in [2.24, 2.45) is 5.92 Å². The van der Waals surface area contributed by atoms with Crippen molar-refractivity contribution in [1.82, 2.24) is 0 Å². The second-order valence-electron chi connectivity index (χ2n) is 4.65. The molecular weight excluding hydrogens is 212 g/mol. The molecule has 88 valence electrons. The fourth-order valence-corrected chi connectivity index (χ4v) is 3.85. The van der Waals surface area contributed by atoms with E-state index in [0.29, 0.717) is 25.0 Å². The van der Waals surface area contributed by atoms with Crippen LogP contribution in [-0.4, -0.2) is 31.1 Å². The minimum Gasteiger partial charge on any atom is -0.393 e. The quantitative estimate of drug-likeness (QED) is 0.731. The number of aliphatic hydroxyl groups excluding tert-OH is 1. The highest BCUT2D eigenvalue weighted by Gasteiger charge is 2.29. The van der Waals surface area contributed by atoms with Gasteiger partial charge >= 0.3 is 0 Å². The third-order valence-corrected chi connectivity index (χ3v) is 4.67. The van der Waals surface area contributed by atoms with Gasteiger partial charge in [0.1, 0.15) is 0 Å². The summed E-state index contributed by atoms with van der Waals surface area (Å²) in [7, 11) is -2.80. The second-order valence-corrected chi connectivity index (χ2v) is 6.88. The summed E-state index contributed by atoms with van der Waals surface area (Å²) in [6, 6.07) is 0. The van der Waals surface area contributed by atoms with E-state index in [9.17, 15) is 13.5 Å². The molecule has 2 atom stereocenters. The molecule has 0 aromatic rings. The lowest BCUT2D eigenvalue weighted by Crippen LogP contribution is -2.14. The van der Waals surface area contributed by atoms with Gasteiger partial charge < -0.3 is 5.11 Å². The monoisotopic (exact) mass is 232 g/mol. The highest BCUT2D eigenvalue weighted by molar-refractivity contribution is 7.91. The predicted molar refractivity (Wildman–Crippen MR) is 61.4 cm³/mol. The van der Waals surface area contributed by atoms with Gasteiger partial charge in [-0.3, -0.25) is 0 Å². The van der Waals surface area contributed by atoms with Crippen LogP contribution in [0.3, 0.4) is 0 Å². The zero-order valence-electron chi connectivity index (χ0n) is 9.28. The Hall–Kier alpha value is -0.350. The van der Waals surface area contributed by atoms with Crippen LogP contribution in [-0.2, 0) is 9.84 Å². The van der Waals surface area contributed by atoms with E-state index < -0.39 is 9.84 Å². The smallest absolute Gasteiger partial charge is 0.150 e. The van der Waals surface area contributed by atoms with E-state index in [1.54, 1.807) is 0 Å². The van der Waals surface area contributed by atoms with Gasteiger partial charge in [0.25, 0.3) is 0 Å². The van der Waals surface area contributed by atoms with Crippen LogP contribution in [0.25, 0.3) is 0 Å². The van der Waals surface area contributed by atoms with Crippen LogP contribution in [0.4, 0.5) is 0 Å². The molecule has 1 heterocycles. The summed E-state index contributed by atoms with van der Waals surface area (Å²) in [5.41, 5.74) is 1.06. The van der Waals surface area contributed by atoms with Gasteiger partial charge in [0.2, 0.25) is 0 Å². The molecule has 3 nitrogen and oxygen atoms in total. The Morgan fingerprint density at radius 3 is 2.73 bits per heavy atom. The molecule has 1 fully saturated rings. The molecule has 0 spiro atoms. The average molecular weight is 232 g/mol. The Morgan fingerprint density at radius 2 is 2.27 bits per heavy atom. The Labute approximate surface area is 92.1 Å². The molecule has 0 aromatic carbocycles. The maximum atomic E-state index is 11.2. The number of hydrogen-bond acceptors (Lipinski definition) is 3. The first-order chi connectivity index (χ1) is 6.89. The lowest BCUT2D eigenvalue weighted by molar-refractivity contribution is 0.137. The predicted octanol–water partition coefficient (Wildman–Crippen LogP) is 1.53. The van der Waals surface area contributed by atoms with Crippen LogP contribution in [0.5, 0.6) is 0 Å². The van der Waals surface area contributed by atoms with Crippen molar-refractivity contribution in [2.45, 2.75) is 38.7 Å². The van der Waals surface area contributed by atoms with Crippen molar-refractivity contribution in [1.29, 1.82) is 0 Å². The minimum absolute atomic E-state index is 0.162. The van der Waals surface area contributed by atoms with Gasteiger partial charge in [-0.1, -0.05) is 5.57 Å². The zero-order valence-corrected chi connectivity index (χ0v) is 10.1. The molecular formula is C11H20O3S. The van der Waals surface area contributed by atoms with Gasteiger partial charge in [-0.25, -0.2) is 8.42 Å². The van der Waals surface area contributed by atoms with E-state index >= 15 is 0 Å². The largest absolute Gasteiger partial charge is 0.393 e. The molecule has 4 heteroatoms. The summed E-state index contributed by atoms with van der Waals surface area (Å²) in [4.78, 5) is 0. The Balaban J connectivity index is 2.27. The number of rotatable bonds is 5. The maximum Gasteiger partial charge on any atom is 0.150 e. The normalized spacial score (nSPS) is 26.4. The number of aliphatic hydroxyl groups is 1. The molecule has 2 unspecified atom stereocenters. The molecule has 0 amide bonds. The molecule has 0 bridgehead atoms. The molecule has 1 saturated heterocycles. The number of sulfone groups is 1. The fraction of sp³-hybridized carbons (Fsp3) is 0.818. The highest BCUT2D eigenvalue weighted by Crippen LogP contribution is 2.24. The van der Waals surface area contributed by atoms with Crippen LogP contribution in [0, 0.1) is 5.92 Å². The standard InChI is InChI=1S/C11H20O3S/c1-9(2)3-4-11(12)7-10-5-6-15(13,14)8-10/h10-12H,1,3-8H2,2H3. The third kappa shape index (κ3) is 4.80. The van der Waals surface area contributed by atoms with Crippen molar-refractivity contribution in [2.75, 3.05) is 11.5 Å². The average Bonchev–Trinajstić information content (AvgIpc) is 2.42. The van der Waals surface area contributed by atoms with Gasteiger partial charge in [0, 0.05) is 0 Å². The first-order valence-corrected chi connectivity index (χ1v) is 7.24. The number of hydrogen-bond donors (Lipinski definition) is 1. The Morgan fingerprint density at radius 1 is 1.60 bits per heavy atom. The molecule has 0 radical (unpaired) electrons. The lowest BCUT2D eigenvalue weighted by Gasteiger charge is -2.14. The molecule has 1 N–H and O–H groups in total. The summed E-state index contributed by atoms with van der Waals surface area (Å²) in [5, 5.41) is 9.69. The van der Waals surface area contributed by atoms with E-state index in [1.807, 2.05) is 6.92 Å². The summed E-state index contributed by atoms with van der Waals surface area (Å²) in [6.07, 6.45) is 2.48. The van der Waals surface area contributed by atoms with Gasteiger partial charge in [0.05, 0.1) is 17.6 Å². The molecule has 0 aromatic heterocycles. The van der Waals surface area contributed by atoms with E-state index in [0.717, 1.165) is 12.0 Å². The molecule has 0 aliphatic carbocycles. The van der Waals surface area contributed by atoms with Crippen LogP contribution in [0.15, 0.2) is 12.2 Å². The third-order valence-electron chi connectivity index (χ3n) is 2.84. The molecule has 1 aliphatic heterocycles. The van der Waals surface area contributed by atoms with Crippen LogP contribution < -0.4 is 0 Å². The van der Waals surface area contributed by atoms with Gasteiger partial charge in [-0.2, -0.15) is 0 Å². The van der Waals surface area contributed by atoms with Crippen molar-refractivity contribution < 1.29 is 13.5 Å². The van der Waals surface area contributed by atoms with Crippen molar-refractivity contribution in [3.8, 4) is 0 Å². The molecule has 1 rings (SSSR count). The zero-order chi connectivity index (χ0) is 11.5. The Kier molecular flexibility index (Phi) is 4.34. The van der Waals surface area contributed by atoms with Crippen molar-refractivity contribution >= 4 is 9.84 Å². The van der Waals surface area contributed by atoms with Crippen LogP contribution >= 0.6 is 0 Å². The van der Waals surface area contributed by atoms with E-state index in [4.69, 9.17) is 0 Å². The topological polar surface area (TPSA) is 54.4 Å². The lowest BCUT2D eigenvalue weighted by atomic mass is 9.97. The summed E-state index contributed by atoms with van der Waals surface area (Å²) in [5.74, 6) is 0.720. The number of allylic oxidation sites excluding steroid dienone is 1. The van der Waals surface area contributed by atoms with E-state index in [1.165, 1.54) is 0 Å². The van der Waals surface area contributed by atoms with Gasteiger partial charge in [-0.15, -0.1) is 6.58 Å². The molecule has 0 saturated carbocycles. The van der Waals surface area contributed by atoms with Gasteiger partial charge in [-0.05, 0) is 38.5 Å². The SMILES string of the molecule is C=C(C)CCC(O)CC1CCS(=O)(=O)C1. The van der Waals surface area contributed by atoms with E-state index in [-0.39, 0.29) is 17.8 Å². The second kappa shape index (κ2) is 5.12. The summed E-state index contributed by atoms with van der Waals surface area (Å²) in [6.45, 7) is 5.71. The Bertz CT molecular complexity index is 319. The molecule has 1 aliphatic rings. The first kappa shape index (κ1) is 12.7. The van der Waals surface area contributed by atoms with Crippen molar-refractivity contribution in [3.63, 3.8) is 0 Å². The minimum atomic E-state index is -2.80. The van der Waals surface area contributed by atoms with Crippen LogP contribution in [0.2, 0.25) is 0 Å².